The highest BCUT2D eigenvalue weighted by Crippen LogP contribution is 2.67. The second kappa shape index (κ2) is 8.70. The van der Waals surface area contributed by atoms with Gasteiger partial charge in [0.15, 0.2) is 11.6 Å². The number of hydrogen-bond donors (Lipinski definition) is 0. The first-order chi connectivity index (χ1) is 19.7. The molecule has 8 nitrogen and oxygen atoms in total. The number of nitro benzene ring substituents is 1. The first-order valence-electron chi connectivity index (χ1n) is 12.8. The maximum atomic E-state index is 14.6. The monoisotopic (exact) mass is 607 g/mol. The first kappa shape index (κ1) is 25.4. The van der Waals surface area contributed by atoms with E-state index >= 15 is 0 Å². The molecule has 0 radical (unpaired) electrons. The van der Waals surface area contributed by atoms with E-state index in [0.29, 0.717) is 5.56 Å². The van der Waals surface area contributed by atoms with Gasteiger partial charge in [-0.15, -0.1) is 0 Å². The van der Waals surface area contributed by atoms with E-state index in [1.165, 1.54) is 36.4 Å². The predicted octanol–water partition coefficient (Wildman–Crippen LogP) is 6.10. The van der Waals surface area contributed by atoms with Gasteiger partial charge in [-0.25, -0.2) is 0 Å². The van der Waals surface area contributed by atoms with E-state index < -0.39 is 51.1 Å². The number of carbonyl (C=O) groups is 4. The van der Waals surface area contributed by atoms with Crippen LogP contribution in [0.25, 0.3) is 0 Å². The third-order valence-electron chi connectivity index (χ3n) is 8.45. The van der Waals surface area contributed by atoms with Crippen molar-refractivity contribution in [2.75, 3.05) is 0 Å². The van der Waals surface area contributed by atoms with E-state index in [0.717, 1.165) is 4.47 Å². The zero-order valence-corrected chi connectivity index (χ0v) is 22.7. The lowest BCUT2D eigenvalue weighted by Gasteiger charge is -2.34. The summed E-state index contributed by atoms with van der Waals surface area (Å²) in [6, 6.07) is 24.8. The fourth-order valence-corrected chi connectivity index (χ4v) is 7.02. The van der Waals surface area contributed by atoms with Gasteiger partial charge in [-0.1, -0.05) is 88.7 Å². The normalized spacial score (nSPS) is 21.5. The molecular formula is C32H18BrNO7. The van der Waals surface area contributed by atoms with Gasteiger partial charge in [-0.2, -0.15) is 0 Å². The maximum Gasteiger partial charge on any atom is 0.269 e. The number of carbonyl (C=O) groups excluding carboxylic acids is 4. The van der Waals surface area contributed by atoms with Gasteiger partial charge in [-0.3, -0.25) is 29.3 Å². The molecule has 7 rings (SSSR count). The summed E-state index contributed by atoms with van der Waals surface area (Å²) in [4.78, 5) is 68.9. The highest BCUT2D eigenvalue weighted by atomic mass is 79.9. The summed E-state index contributed by atoms with van der Waals surface area (Å²) in [6.45, 7) is 0. The molecule has 200 valence electrons. The Morgan fingerprint density at radius 3 is 1.54 bits per heavy atom. The van der Waals surface area contributed by atoms with Crippen molar-refractivity contribution in [1.82, 2.24) is 0 Å². The molecule has 0 bridgehead atoms. The first-order valence-corrected chi connectivity index (χ1v) is 13.6. The summed E-state index contributed by atoms with van der Waals surface area (Å²) >= 11 is 3.40. The Hall–Kier alpha value is -4.60. The number of Topliss-reactive ketones (excluding diaryl/α,β-unsaturated/α-hetero) is 4. The van der Waals surface area contributed by atoms with Crippen LogP contribution in [0, 0.1) is 15.5 Å². The van der Waals surface area contributed by atoms with E-state index in [1.54, 1.807) is 60.7 Å². The Morgan fingerprint density at radius 1 is 0.634 bits per heavy atom. The Balaban J connectivity index is 1.58. The SMILES string of the molecule is O=C1c2ccccc2C(=O)C12O[C@@H](c1ccc(Br)cc1)C1(C(=O)c3ccccc3C1=O)[C@@H]2c1ccc([N+](=O)[O-])cc1. The molecule has 2 aliphatic carbocycles. The molecule has 1 heterocycles. The van der Waals surface area contributed by atoms with Crippen LogP contribution in [-0.2, 0) is 4.74 Å². The summed E-state index contributed by atoms with van der Waals surface area (Å²) in [5.74, 6) is -3.86. The number of non-ortho nitro benzene ring substituents is 1. The van der Waals surface area contributed by atoms with E-state index in [1.807, 2.05) is 0 Å². The summed E-state index contributed by atoms with van der Waals surface area (Å²) in [5.41, 5.74) is -3.25. The molecule has 3 aliphatic rings. The molecule has 0 saturated carbocycles. The molecule has 4 aromatic rings. The number of ether oxygens (including phenoxy) is 1. The quantitative estimate of drug-likeness (QED) is 0.157. The number of nitrogens with zero attached hydrogens (tertiary/aromatic N) is 1. The molecular weight excluding hydrogens is 590 g/mol. The second-order valence-corrected chi connectivity index (χ2v) is 11.3. The number of nitro groups is 1. The average molecular weight is 608 g/mol. The third-order valence-corrected chi connectivity index (χ3v) is 8.98. The minimum atomic E-state index is -2.26. The molecule has 0 aromatic heterocycles. The number of hydrogen-bond acceptors (Lipinski definition) is 7. The van der Waals surface area contributed by atoms with Gasteiger partial charge >= 0.3 is 0 Å². The lowest BCUT2D eigenvalue weighted by atomic mass is 9.60. The molecule has 2 spiro atoms. The standard InChI is InChI=1S/C32H18BrNO7/c33-19-13-9-18(10-14-19)30-31(26(35)21-5-1-2-6-22(21)27(31)36)25(17-11-15-20(16-12-17)34(39)40)32(41-30)28(37)23-7-3-4-8-24(23)29(32)38/h1-16,25,30H/t25-,30-/m0/s1. The van der Waals surface area contributed by atoms with Gasteiger partial charge in [0.25, 0.3) is 5.69 Å². The van der Waals surface area contributed by atoms with Crippen LogP contribution in [0.15, 0.2) is 102 Å². The zero-order chi connectivity index (χ0) is 28.7. The molecule has 2 atom stereocenters. The smallest absolute Gasteiger partial charge is 0.269 e. The molecule has 41 heavy (non-hydrogen) atoms. The summed E-state index contributed by atoms with van der Waals surface area (Å²) in [6.07, 6.45) is -1.31. The van der Waals surface area contributed by atoms with Crippen LogP contribution < -0.4 is 0 Å². The van der Waals surface area contributed by atoms with E-state index in [9.17, 15) is 29.3 Å². The number of halogens is 1. The maximum absolute atomic E-state index is 14.6. The number of fused-ring (bicyclic) bond motifs is 2. The molecule has 0 amide bonds. The average Bonchev–Trinajstić information content (AvgIpc) is 3.51. The fraction of sp³-hybridized carbons (Fsp3) is 0.125. The molecule has 4 aromatic carbocycles. The van der Waals surface area contributed by atoms with Crippen molar-refractivity contribution in [1.29, 1.82) is 0 Å². The van der Waals surface area contributed by atoms with Gasteiger partial charge < -0.3 is 4.74 Å². The minimum absolute atomic E-state index is 0.131. The van der Waals surface area contributed by atoms with Crippen LogP contribution in [0.1, 0.15) is 64.6 Å². The minimum Gasteiger partial charge on any atom is -0.348 e. The van der Waals surface area contributed by atoms with Crippen molar-refractivity contribution in [2.45, 2.75) is 17.6 Å². The van der Waals surface area contributed by atoms with Crippen LogP contribution in [0.2, 0.25) is 0 Å². The van der Waals surface area contributed by atoms with Crippen molar-refractivity contribution in [3.63, 3.8) is 0 Å². The largest absolute Gasteiger partial charge is 0.348 e. The molecule has 0 N–H and O–H groups in total. The molecule has 0 unspecified atom stereocenters. The van der Waals surface area contributed by atoms with Gasteiger partial charge in [0.05, 0.1) is 10.8 Å². The highest BCUT2D eigenvalue weighted by Gasteiger charge is 2.79. The van der Waals surface area contributed by atoms with Crippen molar-refractivity contribution in [2.24, 2.45) is 5.41 Å². The lowest BCUT2D eigenvalue weighted by Crippen LogP contribution is -2.51. The molecule has 1 aliphatic heterocycles. The summed E-state index contributed by atoms with van der Waals surface area (Å²) in [7, 11) is 0. The highest BCUT2D eigenvalue weighted by molar-refractivity contribution is 9.10. The predicted molar refractivity (Wildman–Crippen MR) is 149 cm³/mol. The molecule has 9 heteroatoms. The third kappa shape index (κ3) is 3.13. The zero-order valence-electron chi connectivity index (χ0n) is 21.1. The van der Waals surface area contributed by atoms with Gasteiger partial charge in [0.2, 0.25) is 17.2 Å². The van der Waals surface area contributed by atoms with Crippen LogP contribution >= 0.6 is 15.9 Å². The lowest BCUT2D eigenvalue weighted by molar-refractivity contribution is -0.384. The van der Waals surface area contributed by atoms with Gasteiger partial charge in [0.1, 0.15) is 11.5 Å². The Bertz CT molecular complexity index is 1770. The fourth-order valence-electron chi connectivity index (χ4n) is 6.75. The molecule has 1 saturated heterocycles. The Kier molecular flexibility index (Phi) is 5.38. The summed E-state index contributed by atoms with van der Waals surface area (Å²) in [5, 5.41) is 11.5. The van der Waals surface area contributed by atoms with E-state index in [2.05, 4.69) is 15.9 Å². The summed E-state index contributed by atoms with van der Waals surface area (Å²) < 4.78 is 7.35. The van der Waals surface area contributed by atoms with Gasteiger partial charge in [0, 0.05) is 38.9 Å². The van der Waals surface area contributed by atoms with Crippen LogP contribution in [0.4, 0.5) is 5.69 Å². The van der Waals surface area contributed by atoms with Crippen molar-refractivity contribution in [3.05, 3.63) is 145 Å². The van der Waals surface area contributed by atoms with Crippen molar-refractivity contribution in [3.8, 4) is 0 Å². The van der Waals surface area contributed by atoms with Crippen molar-refractivity contribution >= 4 is 44.8 Å². The van der Waals surface area contributed by atoms with Crippen LogP contribution in [-0.4, -0.2) is 33.7 Å². The Morgan fingerprint density at radius 2 is 1.07 bits per heavy atom. The number of ketones is 4. The van der Waals surface area contributed by atoms with Crippen LogP contribution in [0.3, 0.4) is 0 Å². The topological polar surface area (TPSA) is 121 Å². The van der Waals surface area contributed by atoms with E-state index in [-0.39, 0.29) is 33.5 Å². The second-order valence-electron chi connectivity index (χ2n) is 10.3. The molecule has 1 fully saturated rings. The van der Waals surface area contributed by atoms with Crippen molar-refractivity contribution < 1.29 is 28.8 Å². The Labute approximate surface area is 241 Å². The van der Waals surface area contributed by atoms with E-state index in [4.69, 9.17) is 4.74 Å². The number of rotatable bonds is 3. The van der Waals surface area contributed by atoms with Crippen LogP contribution in [0.5, 0.6) is 0 Å². The van der Waals surface area contributed by atoms with Gasteiger partial charge in [-0.05, 0) is 23.3 Å². The number of benzene rings is 4.